The standard InChI is InChI=1S/C18H24ClNO5/c1-18(2,3)25-17(23)20-14(16(22)24-4)6-5-7-15(21)12-8-10-13(19)11-9-12/h8-11,14H,5-7H2,1-4H3,(H,20,23)/t14-/m1/s1. The quantitative estimate of drug-likeness (QED) is 0.584. The number of methoxy groups -OCH3 is 1. The Hall–Kier alpha value is -2.08. The zero-order valence-electron chi connectivity index (χ0n) is 14.9. The molecule has 1 aromatic carbocycles. The monoisotopic (exact) mass is 369 g/mol. The molecule has 6 nitrogen and oxygen atoms in total. The molecule has 0 heterocycles. The zero-order valence-corrected chi connectivity index (χ0v) is 15.7. The molecule has 1 N–H and O–H groups in total. The molecule has 1 amide bonds. The number of Topliss-reactive ketones (excluding diaryl/α,β-unsaturated/α-hetero) is 1. The van der Waals surface area contributed by atoms with E-state index in [1.54, 1.807) is 45.0 Å². The van der Waals surface area contributed by atoms with Crippen molar-refractivity contribution >= 4 is 29.4 Å². The number of rotatable bonds is 7. The van der Waals surface area contributed by atoms with Gasteiger partial charge in [-0.2, -0.15) is 0 Å². The van der Waals surface area contributed by atoms with Gasteiger partial charge < -0.3 is 14.8 Å². The van der Waals surface area contributed by atoms with E-state index in [0.717, 1.165) is 0 Å². The van der Waals surface area contributed by atoms with E-state index in [1.165, 1.54) is 7.11 Å². The number of ketones is 1. The first-order chi connectivity index (χ1) is 11.6. The van der Waals surface area contributed by atoms with Crippen LogP contribution in [0.5, 0.6) is 0 Å². The smallest absolute Gasteiger partial charge is 0.408 e. The highest BCUT2D eigenvalue weighted by atomic mass is 35.5. The van der Waals surface area contributed by atoms with Crippen molar-refractivity contribution in [2.45, 2.75) is 51.7 Å². The van der Waals surface area contributed by atoms with E-state index in [4.69, 9.17) is 16.3 Å². The minimum Gasteiger partial charge on any atom is -0.467 e. The van der Waals surface area contributed by atoms with Crippen molar-refractivity contribution < 1.29 is 23.9 Å². The van der Waals surface area contributed by atoms with Crippen LogP contribution in [0.25, 0.3) is 0 Å². The summed E-state index contributed by atoms with van der Waals surface area (Å²) in [5.74, 6) is -0.637. The number of ether oxygens (including phenoxy) is 2. The molecule has 0 radical (unpaired) electrons. The normalized spacial score (nSPS) is 12.2. The Morgan fingerprint density at radius 2 is 1.76 bits per heavy atom. The second-order valence-electron chi connectivity index (χ2n) is 6.54. The van der Waals surface area contributed by atoms with Crippen LogP contribution in [0.3, 0.4) is 0 Å². The number of carbonyl (C=O) groups excluding carboxylic acids is 3. The third-order valence-corrected chi connectivity index (χ3v) is 3.49. The third-order valence-electron chi connectivity index (χ3n) is 3.24. The lowest BCUT2D eigenvalue weighted by molar-refractivity contribution is -0.143. The average Bonchev–Trinajstić information content (AvgIpc) is 2.51. The van der Waals surface area contributed by atoms with Crippen molar-refractivity contribution in [3.05, 3.63) is 34.9 Å². The number of hydrogen-bond donors (Lipinski definition) is 1. The van der Waals surface area contributed by atoms with Crippen molar-refractivity contribution in [2.75, 3.05) is 7.11 Å². The first kappa shape index (κ1) is 21.0. The van der Waals surface area contributed by atoms with Crippen molar-refractivity contribution in [1.29, 1.82) is 0 Å². The van der Waals surface area contributed by atoms with Crippen LogP contribution in [-0.2, 0) is 14.3 Å². The first-order valence-corrected chi connectivity index (χ1v) is 8.36. The summed E-state index contributed by atoms with van der Waals surface area (Å²) >= 11 is 5.79. The fourth-order valence-corrected chi connectivity index (χ4v) is 2.21. The highest BCUT2D eigenvalue weighted by Gasteiger charge is 2.25. The van der Waals surface area contributed by atoms with Gasteiger partial charge in [-0.25, -0.2) is 9.59 Å². The maximum absolute atomic E-state index is 12.1. The van der Waals surface area contributed by atoms with Gasteiger partial charge in [0.1, 0.15) is 11.6 Å². The number of alkyl carbamates (subject to hydrolysis) is 1. The molecule has 0 aliphatic carbocycles. The molecule has 0 spiro atoms. The van der Waals surface area contributed by atoms with Crippen molar-refractivity contribution in [2.24, 2.45) is 0 Å². The maximum Gasteiger partial charge on any atom is 0.408 e. The predicted molar refractivity (Wildman–Crippen MR) is 94.8 cm³/mol. The van der Waals surface area contributed by atoms with Crippen molar-refractivity contribution in [3.63, 3.8) is 0 Å². The largest absolute Gasteiger partial charge is 0.467 e. The summed E-state index contributed by atoms with van der Waals surface area (Å²) in [6.07, 6.45) is 0.222. The summed E-state index contributed by atoms with van der Waals surface area (Å²) in [6.45, 7) is 5.18. The van der Waals surface area contributed by atoms with Gasteiger partial charge in [0.05, 0.1) is 7.11 Å². The van der Waals surface area contributed by atoms with Crippen LogP contribution < -0.4 is 5.32 Å². The number of carbonyl (C=O) groups is 3. The summed E-state index contributed by atoms with van der Waals surface area (Å²) in [6, 6.07) is 5.74. The number of esters is 1. The Morgan fingerprint density at radius 3 is 2.28 bits per heavy atom. The number of amides is 1. The summed E-state index contributed by atoms with van der Waals surface area (Å²) in [7, 11) is 1.24. The van der Waals surface area contributed by atoms with Gasteiger partial charge in [0.2, 0.25) is 0 Å². The molecule has 0 aliphatic heterocycles. The van der Waals surface area contributed by atoms with E-state index in [0.29, 0.717) is 17.0 Å². The second kappa shape index (κ2) is 9.42. The highest BCUT2D eigenvalue weighted by molar-refractivity contribution is 6.30. The second-order valence-corrected chi connectivity index (χ2v) is 6.98. The highest BCUT2D eigenvalue weighted by Crippen LogP contribution is 2.14. The van der Waals surface area contributed by atoms with Crippen LogP contribution in [0, 0.1) is 0 Å². The molecular formula is C18H24ClNO5. The number of benzene rings is 1. The average molecular weight is 370 g/mol. The van der Waals surface area contributed by atoms with E-state index < -0.39 is 23.7 Å². The zero-order chi connectivity index (χ0) is 19.0. The van der Waals surface area contributed by atoms with Crippen LogP contribution in [0.2, 0.25) is 5.02 Å². The maximum atomic E-state index is 12.1. The van der Waals surface area contributed by atoms with Gasteiger partial charge in [-0.15, -0.1) is 0 Å². The lowest BCUT2D eigenvalue weighted by Gasteiger charge is -2.22. The van der Waals surface area contributed by atoms with Crippen LogP contribution >= 0.6 is 11.6 Å². The molecule has 0 saturated carbocycles. The third kappa shape index (κ3) is 8.03. The summed E-state index contributed by atoms with van der Waals surface area (Å²) in [4.78, 5) is 35.7. The number of hydrogen-bond acceptors (Lipinski definition) is 5. The van der Waals surface area contributed by atoms with Crippen molar-refractivity contribution in [1.82, 2.24) is 5.32 Å². The van der Waals surface area contributed by atoms with Gasteiger partial charge in [-0.1, -0.05) is 11.6 Å². The van der Waals surface area contributed by atoms with Crippen LogP contribution in [0.4, 0.5) is 4.79 Å². The fraction of sp³-hybridized carbons (Fsp3) is 0.500. The van der Waals surface area contributed by atoms with Gasteiger partial charge >= 0.3 is 12.1 Å². The van der Waals surface area contributed by atoms with Gasteiger partial charge in [0.25, 0.3) is 0 Å². The van der Waals surface area contributed by atoms with E-state index in [2.05, 4.69) is 10.1 Å². The molecule has 0 fully saturated rings. The van der Waals surface area contributed by atoms with Crippen LogP contribution in [-0.4, -0.2) is 36.6 Å². The molecule has 0 saturated heterocycles. The van der Waals surface area contributed by atoms with E-state index in [9.17, 15) is 14.4 Å². The molecular weight excluding hydrogens is 346 g/mol. The Balaban J connectivity index is 2.55. The molecule has 0 aliphatic rings. The molecule has 1 atom stereocenters. The molecule has 0 bridgehead atoms. The van der Waals surface area contributed by atoms with Gasteiger partial charge in [-0.05, 0) is 57.9 Å². The molecule has 0 aromatic heterocycles. The predicted octanol–water partition coefficient (Wildman–Crippen LogP) is 3.76. The number of nitrogens with one attached hydrogen (secondary N) is 1. The fourth-order valence-electron chi connectivity index (χ4n) is 2.09. The van der Waals surface area contributed by atoms with Crippen LogP contribution in [0.15, 0.2) is 24.3 Å². The minimum atomic E-state index is -0.863. The van der Waals surface area contributed by atoms with Gasteiger partial charge in [-0.3, -0.25) is 4.79 Å². The molecule has 0 unspecified atom stereocenters. The van der Waals surface area contributed by atoms with E-state index >= 15 is 0 Å². The summed E-state index contributed by atoms with van der Waals surface area (Å²) < 4.78 is 9.82. The Kier molecular flexibility index (Phi) is 7.90. The Bertz CT molecular complexity index is 607. The summed E-state index contributed by atoms with van der Waals surface area (Å²) in [5, 5.41) is 3.04. The lowest BCUT2D eigenvalue weighted by atomic mass is 10.0. The SMILES string of the molecule is COC(=O)[C@@H](CCCC(=O)c1ccc(Cl)cc1)NC(=O)OC(C)(C)C. The molecule has 138 valence electrons. The van der Waals surface area contributed by atoms with Crippen LogP contribution in [0.1, 0.15) is 50.4 Å². The van der Waals surface area contributed by atoms with Gasteiger partial charge in [0, 0.05) is 17.0 Å². The Morgan fingerprint density at radius 1 is 1.16 bits per heavy atom. The van der Waals surface area contributed by atoms with E-state index in [-0.39, 0.29) is 18.6 Å². The molecule has 25 heavy (non-hydrogen) atoms. The van der Waals surface area contributed by atoms with Crippen molar-refractivity contribution in [3.8, 4) is 0 Å². The molecule has 7 heteroatoms. The molecule has 1 rings (SSSR count). The first-order valence-electron chi connectivity index (χ1n) is 7.98. The van der Waals surface area contributed by atoms with Gasteiger partial charge in [0.15, 0.2) is 5.78 Å². The van der Waals surface area contributed by atoms with E-state index in [1.807, 2.05) is 0 Å². The minimum absolute atomic E-state index is 0.0578. The topological polar surface area (TPSA) is 81.7 Å². The Labute approximate surface area is 152 Å². The lowest BCUT2D eigenvalue weighted by Crippen LogP contribution is -2.44. The summed E-state index contributed by atoms with van der Waals surface area (Å²) in [5.41, 5.74) is -0.117. The molecule has 1 aromatic rings. The number of halogens is 1.